The van der Waals surface area contributed by atoms with Crippen molar-refractivity contribution in [3.63, 3.8) is 0 Å². The summed E-state index contributed by atoms with van der Waals surface area (Å²) in [6.07, 6.45) is 7.03. The Labute approximate surface area is 186 Å². The maximum absolute atomic E-state index is 12.2. The van der Waals surface area contributed by atoms with Crippen LogP contribution in [0.1, 0.15) is 53.6 Å². The fraction of sp³-hybridized carbons (Fsp3) is 0.348. The number of nitro benzene ring substituents is 1. The second kappa shape index (κ2) is 11.0. The van der Waals surface area contributed by atoms with Gasteiger partial charge in [-0.2, -0.15) is 5.10 Å². The van der Waals surface area contributed by atoms with Gasteiger partial charge >= 0.3 is 0 Å². The molecule has 1 saturated carbocycles. The second-order valence-corrected chi connectivity index (χ2v) is 7.72. The number of hydrogen-bond acceptors (Lipinski definition) is 6. The predicted octanol–water partition coefficient (Wildman–Crippen LogP) is 3.49. The quantitative estimate of drug-likeness (QED) is 0.371. The number of hydrogen-bond donors (Lipinski definition) is 2. The normalized spacial score (nSPS) is 14.2. The minimum absolute atomic E-state index is 0.0390. The maximum Gasteiger partial charge on any atom is 0.273 e. The van der Waals surface area contributed by atoms with E-state index >= 15 is 0 Å². The summed E-state index contributed by atoms with van der Waals surface area (Å²) in [6, 6.07) is 11.4. The van der Waals surface area contributed by atoms with Gasteiger partial charge in [-0.15, -0.1) is 0 Å². The van der Waals surface area contributed by atoms with E-state index in [2.05, 4.69) is 15.8 Å². The Hall–Kier alpha value is -3.75. The fourth-order valence-electron chi connectivity index (χ4n) is 3.49. The van der Waals surface area contributed by atoms with Crippen LogP contribution in [0.5, 0.6) is 5.75 Å². The Balaban J connectivity index is 1.46. The first kappa shape index (κ1) is 22.9. The molecule has 2 aromatic carbocycles. The predicted molar refractivity (Wildman–Crippen MR) is 120 cm³/mol. The van der Waals surface area contributed by atoms with Crippen molar-refractivity contribution in [3.05, 3.63) is 69.3 Å². The van der Waals surface area contributed by atoms with Gasteiger partial charge in [-0.1, -0.05) is 25.3 Å². The molecule has 1 fully saturated rings. The van der Waals surface area contributed by atoms with Crippen molar-refractivity contribution >= 4 is 23.7 Å². The summed E-state index contributed by atoms with van der Waals surface area (Å²) >= 11 is 0. The van der Waals surface area contributed by atoms with E-state index < -0.39 is 10.8 Å². The zero-order valence-electron chi connectivity index (χ0n) is 17.9. The van der Waals surface area contributed by atoms with E-state index in [1.165, 1.54) is 30.8 Å². The summed E-state index contributed by atoms with van der Waals surface area (Å²) in [5.41, 5.74) is 3.56. The molecule has 168 valence electrons. The molecule has 0 spiro atoms. The molecule has 0 aliphatic heterocycles. The third kappa shape index (κ3) is 6.63. The molecule has 1 aliphatic rings. The molecule has 2 N–H and O–H groups in total. The SMILES string of the molecule is Cc1ccc(C(=O)N/N=C\c2ccc(OCC(=O)NC3CCCCC3)cc2)cc1[N+](=O)[O-]. The van der Waals surface area contributed by atoms with Crippen LogP contribution in [0.4, 0.5) is 5.69 Å². The number of nitrogens with one attached hydrogen (secondary N) is 2. The monoisotopic (exact) mass is 438 g/mol. The van der Waals surface area contributed by atoms with Crippen LogP contribution in [0.25, 0.3) is 0 Å². The van der Waals surface area contributed by atoms with Crippen molar-refractivity contribution in [2.24, 2.45) is 5.10 Å². The van der Waals surface area contributed by atoms with Crippen LogP contribution in [0, 0.1) is 17.0 Å². The third-order valence-corrected chi connectivity index (χ3v) is 5.27. The van der Waals surface area contributed by atoms with Crippen molar-refractivity contribution in [1.29, 1.82) is 0 Å². The Bertz CT molecular complexity index is 998. The molecule has 1 aliphatic carbocycles. The summed E-state index contributed by atoms with van der Waals surface area (Å²) in [5.74, 6) is -0.119. The highest BCUT2D eigenvalue weighted by Gasteiger charge is 2.16. The highest BCUT2D eigenvalue weighted by atomic mass is 16.6. The van der Waals surface area contributed by atoms with Gasteiger partial charge in [-0.3, -0.25) is 19.7 Å². The molecule has 0 radical (unpaired) electrons. The lowest BCUT2D eigenvalue weighted by atomic mass is 9.95. The summed E-state index contributed by atoms with van der Waals surface area (Å²) in [5, 5.41) is 17.9. The smallest absolute Gasteiger partial charge is 0.273 e. The Morgan fingerprint density at radius 2 is 1.88 bits per heavy atom. The average Bonchev–Trinajstić information content (AvgIpc) is 2.79. The number of ether oxygens (including phenoxy) is 1. The molecule has 0 atom stereocenters. The van der Waals surface area contributed by atoms with Crippen LogP contribution in [0.3, 0.4) is 0 Å². The Morgan fingerprint density at radius 1 is 1.16 bits per heavy atom. The van der Waals surface area contributed by atoms with Gasteiger partial charge in [0.05, 0.1) is 11.1 Å². The fourth-order valence-corrected chi connectivity index (χ4v) is 3.49. The third-order valence-electron chi connectivity index (χ3n) is 5.27. The second-order valence-electron chi connectivity index (χ2n) is 7.72. The lowest BCUT2D eigenvalue weighted by molar-refractivity contribution is -0.385. The first-order valence-corrected chi connectivity index (χ1v) is 10.5. The van der Waals surface area contributed by atoms with Crippen LogP contribution in [-0.2, 0) is 4.79 Å². The van der Waals surface area contributed by atoms with Crippen LogP contribution < -0.4 is 15.5 Å². The van der Waals surface area contributed by atoms with E-state index in [0.717, 1.165) is 25.7 Å². The number of aryl methyl sites for hydroxylation is 1. The van der Waals surface area contributed by atoms with Crippen molar-refractivity contribution in [3.8, 4) is 5.75 Å². The Kier molecular flexibility index (Phi) is 7.91. The Morgan fingerprint density at radius 3 is 2.56 bits per heavy atom. The molecule has 3 rings (SSSR count). The number of nitrogens with zero attached hydrogens (tertiary/aromatic N) is 2. The minimum atomic E-state index is -0.548. The molecule has 9 nitrogen and oxygen atoms in total. The van der Waals surface area contributed by atoms with Crippen LogP contribution in [0.2, 0.25) is 0 Å². The molecule has 2 amide bonds. The van der Waals surface area contributed by atoms with Crippen molar-refractivity contribution < 1.29 is 19.2 Å². The molecule has 2 aromatic rings. The highest BCUT2D eigenvalue weighted by molar-refractivity contribution is 5.95. The number of benzene rings is 2. The van der Waals surface area contributed by atoms with Crippen LogP contribution in [0.15, 0.2) is 47.6 Å². The molecule has 9 heteroatoms. The van der Waals surface area contributed by atoms with Gasteiger partial charge in [0, 0.05) is 23.2 Å². The van der Waals surface area contributed by atoms with Crippen molar-refractivity contribution in [2.75, 3.05) is 6.61 Å². The topological polar surface area (TPSA) is 123 Å². The van der Waals surface area contributed by atoms with E-state index in [0.29, 0.717) is 16.9 Å². The van der Waals surface area contributed by atoms with Crippen LogP contribution >= 0.6 is 0 Å². The average molecular weight is 438 g/mol. The summed E-state index contributed by atoms with van der Waals surface area (Å²) in [6.45, 7) is 1.57. The summed E-state index contributed by atoms with van der Waals surface area (Å²) < 4.78 is 5.52. The molecule has 0 heterocycles. The number of nitro groups is 1. The van der Waals surface area contributed by atoms with Gasteiger partial charge in [0.1, 0.15) is 5.75 Å². The van der Waals surface area contributed by atoms with Gasteiger partial charge in [0.2, 0.25) is 0 Å². The minimum Gasteiger partial charge on any atom is -0.484 e. The molecular weight excluding hydrogens is 412 g/mol. The van der Waals surface area contributed by atoms with Gasteiger partial charge in [-0.05, 0) is 55.7 Å². The zero-order valence-corrected chi connectivity index (χ0v) is 17.9. The first-order chi connectivity index (χ1) is 15.4. The van der Waals surface area contributed by atoms with E-state index in [9.17, 15) is 19.7 Å². The molecule has 0 aromatic heterocycles. The molecule has 0 unspecified atom stereocenters. The van der Waals surface area contributed by atoms with Gasteiger partial charge in [0.15, 0.2) is 6.61 Å². The number of carbonyl (C=O) groups is 2. The summed E-state index contributed by atoms with van der Waals surface area (Å²) in [7, 11) is 0. The number of rotatable bonds is 8. The lowest BCUT2D eigenvalue weighted by Gasteiger charge is -2.22. The summed E-state index contributed by atoms with van der Waals surface area (Å²) in [4.78, 5) is 34.7. The standard InChI is InChI=1S/C23H26N4O5/c1-16-7-10-18(13-21(16)27(30)31)23(29)26-24-14-17-8-11-20(12-9-17)32-15-22(28)25-19-5-3-2-4-6-19/h7-14,19H,2-6,15H2,1H3,(H,25,28)(H,26,29)/b24-14-. The first-order valence-electron chi connectivity index (χ1n) is 10.5. The molecule has 32 heavy (non-hydrogen) atoms. The highest BCUT2D eigenvalue weighted by Crippen LogP contribution is 2.19. The number of carbonyl (C=O) groups excluding carboxylic acids is 2. The van der Waals surface area contributed by atoms with E-state index in [1.54, 1.807) is 31.2 Å². The molecule has 0 bridgehead atoms. The maximum atomic E-state index is 12.2. The van der Waals surface area contributed by atoms with E-state index in [1.807, 2.05) is 0 Å². The van der Waals surface area contributed by atoms with Gasteiger partial charge in [-0.25, -0.2) is 5.43 Å². The van der Waals surface area contributed by atoms with Gasteiger partial charge < -0.3 is 10.1 Å². The van der Waals surface area contributed by atoms with Gasteiger partial charge in [0.25, 0.3) is 17.5 Å². The van der Waals surface area contributed by atoms with E-state index in [4.69, 9.17) is 4.74 Å². The largest absolute Gasteiger partial charge is 0.484 e. The van der Waals surface area contributed by atoms with E-state index in [-0.39, 0.29) is 29.8 Å². The number of hydrazone groups is 1. The van der Waals surface area contributed by atoms with Crippen molar-refractivity contribution in [1.82, 2.24) is 10.7 Å². The van der Waals surface area contributed by atoms with Crippen LogP contribution in [-0.4, -0.2) is 35.6 Å². The van der Waals surface area contributed by atoms with Crippen molar-refractivity contribution in [2.45, 2.75) is 45.1 Å². The zero-order chi connectivity index (χ0) is 22.9. The molecule has 0 saturated heterocycles. The number of amides is 2. The lowest BCUT2D eigenvalue weighted by Crippen LogP contribution is -2.38. The molecular formula is C23H26N4O5.